The van der Waals surface area contributed by atoms with E-state index in [4.69, 9.17) is 9.47 Å². The molecule has 0 bridgehead atoms. The summed E-state index contributed by atoms with van der Waals surface area (Å²) in [7, 11) is 15.2. The molecule has 1 atom stereocenters. The van der Waals surface area contributed by atoms with Gasteiger partial charge in [0.1, 0.15) is 28.5 Å². The molecule has 0 spiro atoms. The van der Waals surface area contributed by atoms with Crippen molar-refractivity contribution in [2.45, 2.75) is 51.0 Å². The van der Waals surface area contributed by atoms with Crippen LogP contribution < -0.4 is 57.3 Å². The minimum atomic E-state index is -0.616. The number of fused-ring (bicyclic) bond motifs is 2. The largest absolute Gasteiger partial charge is 0.493 e. The summed E-state index contributed by atoms with van der Waals surface area (Å²) in [6.07, 6.45) is 13.9. The van der Waals surface area contributed by atoms with Crippen molar-refractivity contribution in [3.8, 4) is 11.5 Å². The number of rotatable bonds is 28. The Kier molecular flexibility index (Phi) is 21.3. The van der Waals surface area contributed by atoms with Gasteiger partial charge in [-0.1, -0.05) is 0 Å². The Morgan fingerprint density at radius 2 is 0.979 bits per heavy atom. The van der Waals surface area contributed by atoms with E-state index in [1.165, 1.54) is 62.0 Å². The lowest BCUT2D eigenvalue weighted by atomic mass is 10.1. The van der Waals surface area contributed by atoms with Gasteiger partial charge < -0.3 is 94.5 Å². The van der Waals surface area contributed by atoms with Gasteiger partial charge in [-0.3, -0.25) is 52.9 Å². The Balaban J connectivity index is 0.662. The number of ether oxygens (including phenoxy) is 2. The Morgan fingerprint density at radius 1 is 0.521 bits per heavy atom. The van der Waals surface area contributed by atoms with Gasteiger partial charge in [0, 0.05) is 137 Å². The van der Waals surface area contributed by atoms with E-state index < -0.39 is 41.4 Å². The molecule has 1 aromatic carbocycles. The van der Waals surface area contributed by atoms with Crippen molar-refractivity contribution in [3.05, 3.63) is 120 Å². The highest BCUT2D eigenvalue weighted by molar-refractivity contribution is 6.08. The van der Waals surface area contributed by atoms with Crippen molar-refractivity contribution in [1.82, 2.24) is 58.1 Å². The van der Waals surface area contributed by atoms with E-state index in [2.05, 4.69) is 57.8 Å². The molecule has 31 nitrogen and oxygen atoms in total. The third-order valence-electron chi connectivity index (χ3n) is 15.5. The van der Waals surface area contributed by atoms with E-state index >= 15 is 0 Å². The zero-order valence-corrected chi connectivity index (χ0v) is 53.7. The normalized spacial score (nSPS) is 13.1. The lowest BCUT2D eigenvalue weighted by Crippen LogP contribution is -2.35. The number of carbonyl (C=O) groups is 10. The summed E-state index contributed by atoms with van der Waals surface area (Å²) < 4.78 is 20.6. The monoisotopic (exact) mass is 1290 g/mol. The smallest absolute Gasteiger partial charge is 0.287 e. The van der Waals surface area contributed by atoms with Gasteiger partial charge in [-0.15, -0.1) is 0 Å². The number of methoxy groups -OCH3 is 1. The molecule has 7 aromatic rings. The van der Waals surface area contributed by atoms with Crippen LogP contribution in [-0.2, 0) is 56.7 Å². The van der Waals surface area contributed by atoms with Crippen LogP contribution in [0, 0.1) is 0 Å². The molecule has 0 radical (unpaired) electrons. The van der Waals surface area contributed by atoms with E-state index in [1.54, 1.807) is 101 Å². The maximum atomic E-state index is 13.4. The summed E-state index contributed by atoms with van der Waals surface area (Å²) in [5, 5.41) is 24.7. The SMILES string of the molecule is COc1cc2c(cc1OCCCC(=O)Nc1cc(C(=O)Nc3cn(C)c(C(=O)NCCC(=O)Nc4cc(C(=O)Nc5cc(C(=O)NCCC(=O)Nc6cc(C(=O)Nc7cc(C(=O)NCCCN(C)C)n(C)c7)n(C)c6)n(C)c5)n(C)c4)n3)n(C)c1)N=C[C@@H]1CCCN1C2=O. The highest BCUT2D eigenvalue weighted by Crippen LogP contribution is 2.38. The van der Waals surface area contributed by atoms with Crippen molar-refractivity contribution in [2.75, 3.05) is 92.4 Å². The summed E-state index contributed by atoms with van der Waals surface area (Å²) >= 11 is 0. The number of hydrogen-bond donors (Lipinski definition) is 9. The van der Waals surface area contributed by atoms with Crippen molar-refractivity contribution >= 4 is 105 Å². The van der Waals surface area contributed by atoms with Crippen LogP contribution in [0.15, 0.2) is 84.6 Å². The summed E-state index contributed by atoms with van der Waals surface area (Å²) in [5.74, 6) is -3.43. The lowest BCUT2D eigenvalue weighted by molar-refractivity contribution is -0.117. The number of carbonyl (C=O) groups excluding carboxylic acids is 10. The molecular formula is C63H77N19O12. The van der Waals surface area contributed by atoms with E-state index in [1.807, 2.05) is 23.9 Å². The zero-order valence-electron chi connectivity index (χ0n) is 53.7. The lowest BCUT2D eigenvalue weighted by Gasteiger charge is -2.20. The van der Waals surface area contributed by atoms with E-state index in [0.29, 0.717) is 76.4 Å². The highest BCUT2D eigenvalue weighted by Gasteiger charge is 2.33. The van der Waals surface area contributed by atoms with Crippen molar-refractivity contribution in [3.63, 3.8) is 0 Å². The van der Waals surface area contributed by atoms with Crippen LogP contribution in [0.1, 0.15) is 118 Å². The fourth-order valence-corrected chi connectivity index (χ4v) is 10.7. The summed E-state index contributed by atoms with van der Waals surface area (Å²) in [6.45, 7) is 2.07. The molecule has 10 amide bonds. The van der Waals surface area contributed by atoms with Gasteiger partial charge in [0.2, 0.25) is 23.5 Å². The first kappa shape index (κ1) is 67.2. The van der Waals surface area contributed by atoms with Crippen LogP contribution in [-0.4, -0.2) is 174 Å². The maximum absolute atomic E-state index is 13.4. The first-order chi connectivity index (χ1) is 44.9. The molecule has 2 aliphatic rings. The van der Waals surface area contributed by atoms with E-state index in [-0.39, 0.29) is 97.1 Å². The van der Waals surface area contributed by atoms with E-state index in [0.717, 1.165) is 25.8 Å². The number of imidazole rings is 1. The average Bonchev–Trinajstić information content (AvgIpc) is 1.56. The molecule has 496 valence electrons. The number of nitrogens with one attached hydrogen (secondary N) is 9. The quantitative estimate of drug-likeness (QED) is 0.0311. The van der Waals surface area contributed by atoms with Crippen LogP contribution in [0.25, 0.3) is 0 Å². The Bertz CT molecular complexity index is 4100. The third kappa shape index (κ3) is 16.6. The Labute approximate surface area is 540 Å². The molecule has 0 saturated carbocycles. The van der Waals surface area contributed by atoms with Crippen molar-refractivity contribution in [1.29, 1.82) is 0 Å². The van der Waals surface area contributed by atoms with Crippen LogP contribution >= 0.6 is 0 Å². The van der Waals surface area contributed by atoms with Crippen LogP contribution in [0.5, 0.6) is 11.5 Å². The number of hydrogen-bond acceptors (Lipinski definition) is 15. The first-order valence-electron chi connectivity index (χ1n) is 30.3. The molecule has 0 aliphatic carbocycles. The summed E-state index contributed by atoms with van der Waals surface area (Å²) in [5.41, 5.74) is 3.90. The minimum Gasteiger partial charge on any atom is -0.493 e. The molecule has 9 N–H and O–H groups in total. The van der Waals surface area contributed by atoms with Crippen molar-refractivity contribution in [2.24, 2.45) is 47.3 Å². The number of anilines is 6. The molecule has 9 rings (SSSR count). The molecule has 31 heteroatoms. The topological polar surface area (TPSA) is 359 Å². The number of benzene rings is 1. The molecule has 1 saturated heterocycles. The van der Waals surface area contributed by atoms with Gasteiger partial charge in [-0.2, -0.15) is 0 Å². The minimum absolute atomic E-state index is 0.0309. The molecule has 2 aliphatic heterocycles. The first-order valence-corrected chi connectivity index (χ1v) is 30.3. The van der Waals surface area contributed by atoms with Crippen molar-refractivity contribution < 1.29 is 57.4 Å². The zero-order chi connectivity index (χ0) is 67.5. The number of aromatic nitrogens is 7. The molecular weight excluding hydrogens is 1210 g/mol. The van der Waals surface area contributed by atoms with E-state index in [9.17, 15) is 47.9 Å². The average molecular weight is 1290 g/mol. The molecule has 1 fully saturated rings. The summed E-state index contributed by atoms with van der Waals surface area (Å²) in [4.78, 5) is 144. The Morgan fingerprint density at radius 3 is 1.48 bits per heavy atom. The fraction of sp³-hybridized carbons (Fsp3) is 0.365. The number of aliphatic imine (C=N–C) groups is 1. The van der Waals surface area contributed by atoms with Gasteiger partial charge in [-0.25, -0.2) is 4.98 Å². The number of amides is 10. The molecule has 8 heterocycles. The third-order valence-corrected chi connectivity index (χ3v) is 15.5. The standard InChI is InChI=1S/C63H77N19O12/c1-75(2)20-12-17-64-57(86)45-26-40(34-76(45)3)71-59(88)47-23-38(32-78(47)5)69-54(84)15-18-65-58(87)46-27-41(35-77(46)4)72-60(89)48-24-39(33-79(48)6)70-55(85)16-19-66-62(91)56-73-52(36-81(56)8)74-61(90)49-25-37(31-80(49)7)68-53(83)14-11-22-94-51-29-44-43(28-50(51)93-9)63(92)82-21-10-13-42(82)30-67-44/h23-36,42H,10-22H2,1-9H3,(H,64,86)(H,65,87)(H,66,91)(H,68,83)(H,69,84)(H,70,85)(H,71,88)(H,72,89)(H,74,90)/t42-/m0/s1. The van der Waals surface area contributed by atoms with Crippen LogP contribution in [0.2, 0.25) is 0 Å². The van der Waals surface area contributed by atoms with Gasteiger partial charge in [0.25, 0.3) is 41.4 Å². The second-order valence-electron chi connectivity index (χ2n) is 23.1. The van der Waals surface area contributed by atoms with Gasteiger partial charge in [0.15, 0.2) is 17.3 Å². The summed E-state index contributed by atoms with van der Waals surface area (Å²) in [6, 6.07) is 10.8. The predicted octanol–water partition coefficient (Wildman–Crippen LogP) is 4.20. The molecule has 0 unspecified atom stereocenters. The van der Waals surface area contributed by atoms with Gasteiger partial charge in [0.05, 0.1) is 59.4 Å². The number of aryl methyl sites for hydroxylation is 6. The van der Waals surface area contributed by atoms with Gasteiger partial charge in [-0.05, 0) is 82.7 Å². The highest BCUT2D eigenvalue weighted by atomic mass is 16.5. The fourth-order valence-electron chi connectivity index (χ4n) is 10.7. The number of nitrogens with zero attached hydrogens (tertiary/aromatic N) is 10. The maximum Gasteiger partial charge on any atom is 0.287 e. The predicted molar refractivity (Wildman–Crippen MR) is 349 cm³/mol. The second-order valence-corrected chi connectivity index (χ2v) is 23.1. The van der Waals surface area contributed by atoms with Crippen LogP contribution in [0.4, 0.5) is 39.9 Å². The molecule has 94 heavy (non-hydrogen) atoms. The van der Waals surface area contributed by atoms with Gasteiger partial charge >= 0.3 is 0 Å². The Hall–Kier alpha value is -11.2. The molecule has 6 aromatic heterocycles. The van der Waals surface area contributed by atoms with Crippen LogP contribution in [0.3, 0.4) is 0 Å². The second kappa shape index (κ2) is 29.8.